The minimum Gasteiger partial charge on any atom is -0.357 e. The standard InChI is InChI=1S/C21H28F2N4S/c1-2-24-21(25-9-5-17-3-4-18(22)13-20(17)23)26-19-6-10-27(11-7-19)14-16-8-12-28-15-16/h3-4,8,12-13,15,19H,2,5-7,9-11,14H2,1H3,(H2,24,25,26). The predicted octanol–water partition coefficient (Wildman–Crippen LogP) is 3.79. The van der Waals surface area contributed by atoms with Crippen LogP contribution in [0.2, 0.25) is 0 Å². The van der Waals surface area contributed by atoms with Crippen LogP contribution in [-0.4, -0.2) is 43.1 Å². The summed E-state index contributed by atoms with van der Waals surface area (Å²) in [5, 5.41) is 11.1. The van der Waals surface area contributed by atoms with E-state index in [2.05, 4.69) is 37.4 Å². The van der Waals surface area contributed by atoms with Gasteiger partial charge in [0, 0.05) is 44.8 Å². The first-order chi connectivity index (χ1) is 13.6. The van der Waals surface area contributed by atoms with Gasteiger partial charge < -0.3 is 10.6 Å². The number of halogens is 2. The van der Waals surface area contributed by atoms with Crippen molar-refractivity contribution in [2.75, 3.05) is 26.2 Å². The van der Waals surface area contributed by atoms with Crippen molar-refractivity contribution in [2.24, 2.45) is 4.99 Å². The average Bonchev–Trinajstić information content (AvgIpc) is 3.18. The van der Waals surface area contributed by atoms with Gasteiger partial charge in [-0.25, -0.2) is 8.78 Å². The third kappa shape index (κ3) is 6.27. The van der Waals surface area contributed by atoms with Crippen LogP contribution in [0.1, 0.15) is 30.9 Å². The van der Waals surface area contributed by atoms with E-state index in [0.717, 1.165) is 51.0 Å². The molecule has 1 aromatic carbocycles. The molecule has 2 aromatic rings. The van der Waals surface area contributed by atoms with Crippen LogP contribution in [0.25, 0.3) is 0 Å². The topological polar surface area (TPSA) is 39.7 Å². The summed E-state index contributed by atoms with van der Waals surface area (Å²) in [5.41, 5.74) is 1.88. The molecule has 0 radical (unpaired) electrons. The Morgan fingerprint density at radius 2 is 2.07 bits per heavy atom. The molecule has 1 saturated heterocycles. The summed E-state index contributed by atoms with van der Waals surface area (Å²) in [5.74, 6) is -0.294. The minimum atomic E-state index is -0.551. The number of nitrogens with zero attached hydrogens (tertiary/aromatic N) is 2. The molecule has 0 spiro atoms. The number of nitrogens with one attached hydrogen (secondary N) is 2. The van der Waals surface area contributed by atoms with Crippen molar-refractivity contribution < 1.29 is 8.78 Å². The highest BCUT2D eigenvalue weighted by Crippen LogP contribution is 2.15. The van der Waals surface area contributed by atoms with Gasteiger partial charge in [-0.2, -0.15) is 11.3 Å². The van der Waals surface area contributed by atoms with Crippen LogP contribution in [0, 0.1) is 11.6 Å². The fraction of sp³-hybridized carbons (Fsp3) is 0.476. The molecule has 0 saturated carbocycles. The molecule has 1 aromatic heterocycles. The Labute approximate surface area is 169 Å². The maximum absolute atomic E-state index is 13.7. The number of rotatable bonds is 7. The molecule has 2 N–H and O–H groups in total. The second-order valence-corrected chi connectivity index (χ2v) is 7.85. The quantitative estimate of drug-likeness (QED) is 0.543. The van der Waals surface area contributed by atoms with Gasteiger partial charge in [0.1, 0.15) is 11.6 Å². The number of thiophene rings is 1. The molecule has 2 heterocycles. The Balaban J connectivity index is 1.46. The third-order valence-corrected chi connectivity index (χ3v) is 5.66. The number of hydrogen-bond acceptors (Lipinski definition) is 3. The summed E-state index contributed by atoms with van der Waals surface area (Å²) in [4.78, 5) is 7.06. The first kappa shape index (κ1) is 20.7. The molecule has 1 aliphatic heterocycles. The van der Waals surface area contributed by atoms with Crippen LogP contribution in [0.4, 0.5) is 8.78 Å². The highest BCUT2D eigenvalue weighted by molar-refractivity contribution is 7.07. The number of piperidine rings is 1. The Morgan fingerprint density at radius 1 is 1.25 bits per heavy atom. The Morgan fingerprint density at radius 3 is 2.75 bits per heavy atom. The number of hydrogen-bond donors (Lipinski definition) is 2. The number of benzene rings is 1. The molecule has 0 atom stereocenters. The van der Waals surface area contributed by atoms with Gasteiger partial charge in [0.05, 0.1) is 0 Å². The van der Waals surface area contributed by atoms with Crippen molar-refractivity contribution in [3.8, 4) is 0 Å². The lowest BCUT2D eigenvalue weighted by atomic mass is 10.0. The zero-order chi connectivity index (χ0) is 19.8. The normalized spacial score (nSPS) is 16.3. The van der Waals surface area contributed by atoms with Crippen molar-refractivity contribution in [3.63, 3.8) is 0 Å². The fourth-order valence-electron chi connectivity index (χ4n) is 3.40. The van der Waals surface area contributed by atoms with Crippen LogP contribution >= 0.6 is 11.3 Å². The molecule has 28 heavy (non-hydrogen) atoms. The van der Waals surface area contributed by atoms with Gasteiger partial charge in [-0.3, -0.25) is 9.89 Å². The van der Waals surface area contributed by atoms with Gasteiger partial charge in [-0.15, -0.1) is 0 Å². The lowest BCUT2D eigenvalue weighted by molar-refractivity contribution is 0.198. The molecule has 3 rings (SSSR count). The highest BCUT2D eigenvalue weighted by Gasteiger charge is 2.20. The van der Waals surface area contributed by atoms with E-state index in [9.17, 15) is 8.78 Å². The Bertz CT molecular complexity index is 756. The smallest absolute Gasteiger partial charge is 0.191 e. The summed E-state index contributed by atoms with van der Waals surface area (Å²) >= 11 is 1.75. The molecule has 0 unspecified atom stereocenters. The van der Waals surface area contributed by atoms with Crippen molar-refractivity contribution in [1.82, 2.24) is 15.5 Å². The van der Waals surface area contributed by atoms with Crippen molar-refractivity contribution in [3.05, 3.63) is 57.8 Å². The maximum Gasteiger partial charge on any atom is 0.191 e. The molecule has 0 aliphatic carbocycles. The van der Waals surface area contributed by atoms with E-state index in [-0.39, 0.29) is 0 Å². The summed E-state index contributed by atoms with van der Waals surface area (Å²) < 4.78 is 26.7. The van der Waals surface area contributed by atoms with E-state index in [1.165, 1.54) is 17.7 Å². The molecule has 0 bridgehead atoms. The van der Waals surface area contributed by atoms with Gasteiger partial charge in [-0.05, 0) is 60.2 Å². The second-order valence-electron chi connectivity index (χ2n) is 7.07. The Kier molecular flexibility index (Phi) is 7.80. The van der Waals surface area contributed by atoms with Gasteiger partial charge >= 0.3 is 0 Å². The summed E-state index contributed by atoms with van der Waals surface area (Å²) in [6, 6.07) is 6.28. The van der Waals surface area contributed by atoms with Crippen molar-refractivity contribution in [1.29, 1.82) is 0 Å². The molecule has 1 fully saturated rings. The van der Waals surface area contributed by atoms with E-state index in [0.29, 0.717) is 24.6 Å². The van der Waals surface area contributed by atoms with E-state index in [4.69, 9.17) is 0 Å². The fourth-order valence-corrected chi connectivity index (χ4v) is 4.06. The van der Waals surface area contributed by atoms with Crippen LogP contribution in [0.3, 0.4) is 0 Å². The molecule has 4 nitrogen and oxygen atoms in total. The first-order valence-electron chi connectivity index (χ1n) is 9.86. The molecule has 152 valence electrons. The number of likely N-dealkylation sites (tertiary alicyclic amines) is 1. The zero-order valence-corrected chi connectivity index (χ0v) is 17.1. The van der Waals surface area contributed by atoms with Crippen LogP contribution in [0.15, 0.2) is 40.0 Å². The average molecular weight is 407 g/mol. The predicted molar refractivity (Wildman–Crippen MR) is 112 cm³/mol. The SMILES string of the molecule is CCNC(=NCCc1ccc(F)cc1F)NC1CCN(Cc2ccsc2)CC1. The highest BCUT2D eigenvalue weighted by atomic mass is 32.1. The number of aliphatic imine (C=N–C) groups is 1. The van der Waals surface area contributed by atoms with E-state index in [1.807, 2.05) is 6.92 Å². The molecular formula is C21H28F2N4S. The summed E-state index contributed by atoms with van der Waals surface area (Å²) in [6.45, 7) is 6.40. The summed E-state index contributed by atoms with van der Waals surface area (Å²) in [6.07, 6.45) is 2.59. The molecule has 1 aliphatic rings. The van der Waals surface area contributed by atoms with E-state index in [1.54, 1.807) is 11.3 Å². The van der Waals surface area contributed by atoms with E-state index >= 15 is 0 Å². The zero-order valence-electron chi connectivity index (χ0n) is 16.3. The second kappa shape index (κ2) is 10.5. The van der Waals surface area contributed by atoms with Gasteiger partial charge in [0.15, 0.2) is 5.96 Å². The monoisotopic (exact) mass is 406 g/mol. The van der Waals surface area contributed by atoms with Gasteiger partial charge in [-0.1, -0.05) is 6.07 Å². The van der Waals surface area contributed by atoms with Crippen LogP contribution in [-0.2, 0) is 13.0 Å². The van der Waals surface area contributed by atoms with Crippen molar-refractivity contribution >= 4 is 17.3 Å². The van der Waals surface area contributed by atoms with Crippen LogP contribution in [0.5, 0.6) is 0 Å². The molecular weight excluding hydrogens is 378 g/mol. The third-order valence-electron chi connectivity index (χ3n) is 4.93. The largest absolute Gasteiger partial charge is 0.357 e. The lowest BCUT2D eigenvalue weighted by Gasteiger charge is -2.33. The van der Waals surface area contributed by atoms with Gasteiger partial charge in [0.25, 0.3) is 0 Å². The maximum atomic E-state index is 13.7. The minimum absolute atomic E-state index is 0.388. The first-order valence-corrected chi connectivity index (χ1v) is 10.8. The lowest BCUT2D eigenvalue weighted by Crippen LogP contribution is -2.48. The van der Waals surface area contributed by atoms with E-state index < -0.39 is 11.6 Å². The number of guanidine groups is 1. The Hall–Kier alpha value is -1.99. The van der Waals surface area contributed by atoms with Gasteiger partial charge in [0.2, 0.25) is 0 Å². The van der Waals surface area contributed by atoms with Crippen LogP contribution < -0.4 is 10.6 Å². The van der Waals surface area contributed by atoms with Crippen molar-refractivity contribution in [2.45, 2.75) is 38.8 Å². The molecule has 0 amide bonds. The molecule has 7 heteroatoms. The summed E-state index contributed by atoms with van der Waals surface area (Å²) in [7, 11) is 0.